The molecule has 1 heterocycles. The number of hydrogen-bond acceptors (Lipinski definition) is 3. The molecular weight excluding hydrogens is 254 g/mol. The highest BCUT2D eigenvalue weighted by molar-refractivity contribution is 6.49. The van der Waals surface area contributed by atoms with E-state index in [9.17, 15) is 0 Å². The summed E-state index contributed by atoms with van der Waals surface area (Å²) in [6.07, 6.45) is 3.73. The predicted molar refractivity (Wildman–Crippen MR) is 79.6 cm³/mol. The van der Waals surface area contributed by atoms with E-state index in [0.717, 1.165) is 22.8 Å². The second kappa shape index (κ2) is 5.84. The van der Waals surface area contributed by atoms with Crippen LogP contribution in [0.2, 0.25) is 13.1 Å². The number of hydrogen-bond donors (Lipinski definition) is 0. The molecule has 1 radical (unpaired) electrons. The molecule has 5 heteroatoms. The molecule has 0 amide bonds. The molecule has 0 aliphatic carbocycles. The van der Waals surface area contributed by atoms with Crippen LogP contribution < -0.4 is 4.43 Å². The van der Waals surface area contributed by atoms with Gasteiger partial charge in [0.2, 0.25) is 0 Å². The minimum Gasteiger partial charge on any atom is -0.541 e. The summed E-state index contributed by atoms with van der Waals surface area (Å²) in [5, 5.41) is 0. The summed E-state index contributed by atoms with van der Waals surface area (Å²) in [5.41, 5.74) is 2.63. The van der Waals surface area contributed by atoms with E-state index in [4.69, 9.17) is 4.43 Å². The van der Waals surface area contributed by atoms with Crippen molar-refractivity contribution in [2.75, 3.05) is 0 Å². The molecule has 1 aromatic heterocycles. The third-order valence-electron chi connectivity index (χ3n) is 2.54. The third kappa shape index (κ3) is 3.54. The topological polar surface area (TPSA) is 39.4 Å². The molecule has 1 aromatic carbocycles. The fourth-order valence-corrected chi connectivity index (χ4v) is 2.31. The van der Waals surface area contributed by atoms with Crippen LogP contribution in [0.1, 0.15) is 12.6 Å². The third-order valence-corrected chi connectivity index (χ3v) is 3.17. The minimum atomic E-state index is -0.793. The van der Waals surface area contributed by atoms with E-state index in [1.54, 1.807) is 6.33 Å². The van der Waals surface area contributed by atoms with Crippen molar-refractivity contribution in [1.82, 2.24) is 9.55 Å². The Bertz CT molecular complexity index is 590. The van der Waals surface area contributed by atoms with Gasteiger partial charge in [-0.05, 0) is 32.2 Å². The molecule has 99 valence electrons. The van der Waals surface area contributed by atoms with Crippen molar-refractivity contribution in [3.05, 3.63) is 42.5 Å². The highest BCUT2D eigenvalue weighted by atomic mass is 28.3. The van der Waals surface area contributed by atoms with Crippen molar-refractivity contribution in [1.29, 1.82) is 0 Å². The van der Waals surface area contributed by atoms with Gasteiger partial charge in [-0.15, -0.1) is 0 Å². The maximum absolute atomic E-state index is 5.86. The number of imidazole rings is 1. The predicted octanol–water partition coefficient (Wildman–Crippen LogP) is 3.19. The van der Waals surface area contributed by atoms with Crippen LogP contribution in [0.5, 0.6) is 5.75 Å². The van der Waals surface area contributed by atoms with Gasteiger partial charge in [0.05, 0.1) is 12.0 Å². The molecule has 0 atom stereocenters. The first-order chi connectivity index (χ1) is 9.06. The van der Waals surface area contributed by atoms with Gasteiger partial charge >= 0.3 is 0 Å². The van der Waals surface area contributed by atoms with Crippen molar-refractivity contribution in [2.45, 2.75) is 20.0 Å². The first kappa shape index (κ1) is 13.5. The number of aromatic nitrogens is 2. The summed E-state index contributed by atoms with van der Waals surface area (Å²) >= 11 is 0. The average molecular weight is 272 g/mol. The summed E-state index contributed by atoms with van der Waals surface area (Å²) in [7, 11) is 1.15. The summed E-state index contributed by atoms with van der Waals surface area (Å²) in [6, 6.07) is 7.86. The van der Waals surface area contributed by atoms with E-state index in [2.05, 4.69) is 23.1 Å². The zero-order chi connectivity index (χ0) is 13.8. The van der Waals surface area contributed by atoms with Crippen molar-refractivity contribution in [3.63, 3.8) is 0 Å². The van der Waals surface area contributed by atoms with Crippen LogP contribution >= 0.6 is 0 Å². The largest absolute Gasteiger partial charge is 0.541 e. The van der Waals surface area contributed by atoms with Crippen LogP contribution in [0.4, 0.5) is 5.69 Å². The first-order valence-electron chi connectivity index (χ1n) is 6.17. The molecule has 19 heavy (non-hydrogen) atoms. The summed E-state index contributed by atoms with van der Waals surface area (Å²) < 4.78 is 7.77. The highest BCUT2D eigenvalue weighted by Gasteiger charge is 2.07. The molecule has 0 bridgehead atoms. The van der Waals surface area contributed by atoms with E-state index >= 15 is 0 Å². The minimum absolute atomic E-state index is 0.793. The van der Waals surface area contributed by atoms with Gasteiger partial charge in [0.15, 0.2) is 0 Å². The van der Waals surface area contributed by atoms with Gasteiger partial charge in [-0.25, -0.2) is 9.98 Å². The van der Waals surface area contributed by atoms with E-state index < -0.39 is 9.04 Å². The van der Waals surface area contributed by atoms with Crippen molar-refractivity contribution in [2.24, 2.45) is 12.0 Å². The Morgan fingerprint density at radius 3 is 2.68 bits per heavy atom. The Morgan fingerprint density at radius 2 is 2.05 bits per heavy atom. The van der Waals surface area contributed by atoms with Crippen molar-refractivity contribution >= 4 is 20.4 Å². The lowest BCUT2D eigenvalue weighted by atomic mass is 10.2. The maximum atomic E-state index is 5.86. The quantitative estimate of drug-likeness (QED) is 0.633. The fourth-order valence-electron chi connectivity index (χ4n) is 1.69. The second-order valence-electron chi connectivity index (χ2n) is 4.60. The van der Waals surface area contributed by atoms with Crippen LogP contribution in [0.15, 0.2) is 41.8 Å². The van der Waals surface area contributed by atoms with E-state index in [-0.39, 0.29) is 0 Å². The normalized spacial score (nSPS) is 11.9. The molecule has 0 fully saturated rings. The van der Waals surface area contributed by atoms with Crippen molar-refractivity contribution in [3.8, 4) is 5.75 Å². The standard InChI is InChI=1S/C14H18N3OSi/c1-11(13-9-17(2)10-15-13)16-12-7-5-6-8-14(12)18-19(3)4/h5-10H,1-4H3. The molecule has 0 saturated heterocycles. The lowest BCUT2D eigenvalue weighted by Crippen LogP contribution is -2.11. The van der Waals surface area contributed by atoms with E-state index in [0.29, 0.717) is 0 Å². The summed E-state index contributed by atoms with van der Waals surface area (Å²) in [6.45, 7) is 6.18. The van der Waals surface area contributed by atoms with Gasteiger partial charge in [-0.1, -0.05) is 12.1 Å². The molecular formula is C14H18N3OSi. The van der Waals surface area contributed by atoms with E-state index in [1.807, 2.05) is 49.0 Å². The van der Waals surface area contributed by atoms with Crippen molar-refractivity contribution < 1.29 is 4.43 Å². The Kier molecular flexibility index (Phi) is 4.16. The maximum Gasteiger partial charge on any atom is 0.274 e. The zero-order valence-corrected chi connectivity index (χ0v) is 12.7. The number of para-hydroxylation sites is 2. The molecule has 0 aliphatic heterocycles. The number of nitrogens with zero attached hydrogens (tertiary/aromatic N) is 3. The van der Waals surface area contributed by atoms with Gasteiger partial charge in [0.1, 0.15) is 17.1 Å². The van der Waals surface area contributed by atoms with Gasteiger partial charge in [-0.2, -0.15) is 0 Å². The van der Waals surface area contributed by atoms with Crippen LogP contribution in [-0.2, 0) is 7.05 Å². The zero-order valence-electron chi connectivity index (χ0n) is 11.7. The van der Waals surface area contributed by atoms with Crippen LogP contribution in [0.25, 0.3) is 0 Å². The average Bonchev–Trinajstić information content (AvgIpc) is 2.78. The van der Waals surface area contributed by atoms with Gasteiger partial charge in [0, 0.05) is 13.2 Å². The Morgan fingerprint density at radius 1 is 1.32 bits per heavy atom. The molecule has 0 unspecified atom stereocenters. The van der Waals surface area contributed by atoms with Crippen LogP contribution in [0.3, 0.4) is 0 Å². The summed E-state index contributed by atoms with van der Waals surface area (Å²) in [4.78, 5) is 8.93. The van der Waals surface area contributed by atoms with Gasteiger partial charge < -0.3 is 8.99 Å². The molecule has 2 aromatic rings. The molecule has 0 aliphatic rings. The monoisotopic (exact) mass is 272 g/mol. The number of benzene rings is 1. The molecule has 2 rings (SSSR count). The smallest absolute Gasteiger partial charge is 0.274 e. The first-order valence-corrected chi connectivity index (χ1v) is 8.58. The van der Waals surface area contributed by atoms with Crippen LogP contribution in [0, 0.1) is 0 Å². The molecule has 0 N–H and O–H groups in total. The Balaban J connectivity index is 2.31. The number of rotatable bonds is 4. The second-order valence-corrected chi connectivity index (χ2v) is 6.62. The van der Waals surface area contributed by atoms with Gasteiger partial charge in [-0.3, -0.25) is 0 Å². The van der Waals surface area contributed by atoms with Gasteiger partial charge in [0.25, 0.3) is 9.04 Å². The summed E-state index contributed by atoms with van der Waals surface area (Å²) in [5.74, 6) is 0.844. The highest BCUT2D eigenvalue weighted by Crippen LogP contribution is 2.28. The SMILES string of the molecule is CC(=Nc1ccccc1O[Si](C)C)c1cn(C)cn1. The molecule has 4 nitrogen and oxygen atoms in total. The lowest BCUT2D eigenvalue weighted by molar-refractivity contribution is 0.582. The molecule has 0 saturated carbocycles. The number of aryl methyl sites for hydroxylation is 1. The molecule has 0 spiro atoms. The van der Waals surface area contributed by atoms with E-state index in [1.165, 1.54) is 0 Å². The lowest BCUT2D eigenvalue weighted by Gasteiger charge is -2.11. The Labute approximate surface area is 115 Å². The fraction of sp³-hybridized carbons (Fsp3) is 0.286. The van der Waals surface area contributed by atoms with Crippen LogP contribution in [-0.4, -0.2) is 24.3 Å². The Hall–Kier alpha value is -1.88. The number of aliphatic imine (C=N–C) groups is 1.